The third kappa shape index (κ3) is 3.93. The quantitative estimate of drug-likeness (QED) is 0.781. The van der Waals surface area contributed by atoms with Crippen LogP contribution in [0.2, 0.25) is 0 Å². The average Bonchev–Trinajstić information content (AvgIpc) is 2.54. The second-order valence-electron chi connectivity index (χ2n) is 5.62. The summed E-state index contributed by atoms with van der Waals surface area (Å²) < 4.78 is 5.10. The second kappa shape index (κ2) is 7.38. The van der Waals surface area contributed by atoms with E-state index in [1.165, 1.54) is 0 Å². The number of anilines is 1. The van der Waals surface area contributed by atoms with E-state index in [9.17, 15) is 4.79 Å². The van der Waals surface area contributed by atoms with E-state index < -0.39 is 0 Å². The molecule has 0 N–H and O–H groups in total. The van der Waals surface area contributed by atoms with Gasteiger partial charge in [0.1, 0.15) is 12.1 Å². The highest BCUT2D eigenvalue weighted by atomic mass is 16.5. The summed E-state index contributed by atoms with van der Waals surface area (Å²) in [6.45, 7) is 8.35. The van der Waals surface area contributed by atoms with E-state index in [0.29, 0.717) is 12.5 Å². The van der Waals surface area contributed by atoms with Crippen LogP contribution in [0.5, 0.6) is 0 Å². The molecule has 0 radical (unpaired) electrons. The van der Waals surface area contributed by atoms with Crippen molar-refractivity contribution in [2.45, 2.75) is 46.0 Å². The molecule has 0 bridgehead atoms. The van der Waals surface area contributed by atoms with Gasteiger partial charge in [-0.2, -0.15) is 0 Å². The third-order valence-corrected chi connectivity index (χ3v) is 4.23. The first-order chi connectivity index (χ1) is 10.2. The van der Waals surface area contributed by atoms with Crippen LogP contribution in [0.3, 0.4) is 0 Å². The number of carbonyl (C=O) groups excluding carboxylic acids is 1. The summed E-state index contributed by atoms with van der Waals surface area (Å²) in [5, 5.41) is 0. The maximum absolute atomic E-state index is 11.8. The van der Waals surface area contributed by atoms with Crippen LogP contribution in [0.15, 0.2) is 12.4 Å². The minimum atomic E-state index is -0.0554. The van der Waals surface area contributed by atoms with Gasteiger partial charge in [0.15, 0.2) is 0 Å². The number of hydrogen-bond acceptors (Lipinski definition) is 5. The summed E-state index contributed by atoms with van der Waals surface area (Å²) >= 11 is 0. The maximum Gasteiger partial charge on any atom is 0.309 e. The van der Waals surface area contributed by atoms with Gasteiger partial charge in [0, 0.05) is 24.8 Å². The molecule has 5 nitrogen and oxygen atoms in total. The number of rotatable bonds is 5. The topological polar surface area (TPSA) is 55.3 Å². The molecule has 1 unspecified atom stereocenters. The Hall–Kier alpha value is -1.65. The molecular formula is C16H25N3O2. The standard InChI is InChI=1S/C16H25N3O2/c1-4-12(3)14-10-15(18-11-17-14)19-8-6-13(7-9-19)16(20)21-5-2/h10-13H,4-9H2,1-3H3. The summed E-state index contributed by atoms with van der Waals surface area (Å²) in [6, 6.07) is 2.08. The number of hydrogen-bond donors (Lipinski definition) is 0. The monoisotopic (exact) mass is 291 g/mol. The molecule has 116 valence electrons. The fraction of sp³-hybridized carbons (Fsp3) is 0.688. The highest BCUT2D eigenvalue weighted by molar-refractivity contribution is 5.72. The highest BCUT2D eigenvalue weighted by Crippen LogP contribution is 2.25. The summed E-state index contributed by atoms with van der Waals surface area (Å²) in [4.78, 5) is 22.7. The second-order valence-corrected chi connectivity index (χ2v) is 5.62. The van der Waals surface area contributed by atoms with Crippen LogP contribution in [0, 0.1) is 5.92 Å². The molecule has 0 amide bonds. The molecule has 21 heavy (non-hydrogen) atoms. The van der Waals surface area contributed by atoms with Gasteiger partial charge in [-0.15, -0.1) is 0 Å². The summed E-state index contributed by atoms with van der Waals surface area (Å²) in [5.74, 6) is 1.41. The van der Waals surface area contributed by atoms with Crippen LogP contribution >= 0.6 is 0 Å². The first kappa shape index (κ1) is 15.7. The van der Waals surface area contributed by atoms with Gasteiger partial charge in [0.2, 0.25) is 0 Å². The molecular weight excluding hydrogens is 266 g/mol. The van der Waals surface area contributed by atoms with Crippen LogP contribution in [-0.4, -0.2) is 35.6 Å². The number of nitrogens with zero attached hydrogens (tertiary/aromatic N) is 3. The zero-order valence-corrected chi connectivity index (χ0v) is 13.2. The van der Waals surface area contributed by atoms with Crippen LogP contribution in [0.25, 0.3) is 0 Å². The van der Waals surface area contributed by atoms with E-state index in [1.54, 1.807) is 6.33 Å². The molecule has 1 aromatic rings. The maximum atomic E-state index is 11.8. The van der Waals surface area contributed by atoms with E-state index in [4.69, 9.17) is 4.74 Å². The Morgan fingerprint density at radius 2 is 2.10 bits per heavy atom. The molecule has 2 rings (SSSR count). The Balaban J connectivity index is 1.97. The lowest BCUT2D eigenvalue weighted by molar-refractivity contribution is -0.148. The fourth-order valence-corrected chi connectivity index (χ4v) is 2.62. The lowest BCUT2D eigenvalue weighted by Crippen LogP contribution is -2.37. The number of ether oxygens (including phenoxy) is 1. The Morgan fingerprint density at radius 1 is 1.38 bits per heavy atom. The molecule has 1 aliphatic rings. The van der Waals surface area contributed by atoms with Gasteiger partial charge in [0.05, 0.1) is 12.5 Å². The van der Waals surface area contributed by atoms with Crippen molar-refractivity contribution in [3.63, 3.8) is 0 Å². The Kier molecular flexibility index (Phi) is 5.53. The Labute approximate surface area is 126 Å². The normalized spacial score (nSPS) is 17.6. The van der Waals surface area contributed by atoms with Crippen molar-refractivity contribution in [2.24, 2.45) is 5.92 Å². The smallest absolute Gasteiger partial charge is 0.309 e. The van der Waals surface area contributed by atoms with E-state index in [2.05, 4.69) is 34.8 Å². The van der Waals surface area contributed by atoms with Crippen molar-refractivity contribution in [3.8, 4) is 0 Å². The summed E-state index contributed by atoms with van der Waals surface area (Å²) in [7, 11) is 0. The molecule has 0 saturated carbocycles. The number of piperidine rings is 1. The van der Waals surface area contributed by atoms with Gasteiger partial charge in [-0.05, 0) is 32.1 Å². The van der Waals surface area contributed by atoms with Gasteiger partial charge in [-0.3, -0.25) is 4.79 Å². The van der Waals surface area contributed by atoms with Crippen molar-refractivity contribution >= 4 is 11.8 Å². The van der Waals surface area contributed by atoms with Crippen molar-refractivity contribution in [1.82, 2.24) is 9.97 Å². The lowest BCUT2D eigenvalue weighted by Gasteiger charge is -2.31. The molecule has 0 aromatic carbocycles. The van der Waals surface area contributed by atoms with Crippen LogP contribution in [0.1, 0.15) is 51.6 Å². The fourth-order valence-electron chi connectivity index (χ4n) is 2.62. The number of carbonyl (C=O) groups is 1. The first-order valence-corrected chi connectivity index (χ1v) is 7.89. The van der Waals surface area contributed by atoms with E-state index in [0.717, 1.165) is 43.9 Å². The molecule has 5 heteroatoms. The van der Waals surface area contributed by atoms with E-state index in [1.807, 2.05) is 6.92 Å². The van der Waals surface area contributed by atoms with Gasteiger partial charge in [-0.1, -0.05) is 13.8 Å². The van der Waals surface area contributed by atoms with E-state index in [-0.39, 0.29) is 11.9 Å². The molecule has 2 heterocycles. The zero-order valence-electron chi connectivity index (χ0n) is 13.2. The van der Waals surface area contributed by atoms with Crippen LogP contribution in [-0.2, 0) is 9.53 Å². The van der Waals surface area contributed by atoms with Crippen LogP contribution < -0.4 is 4.90 Å². The Bertz CT molecular complexity index is 470. The lowest BCUT2D eigenvalue weighted by atomic mass is 9.97. The number of esters is 1. The van der Waals surface area contributed by atoms with E-state index >= 15 is 0 Å². The molecule has 0 spiro atoms. The molecule has 1 fully saturated rings. The predicted octanol–water partition coefficient (Wildman–Crippen LogP) is 2.77. The van der Waals surface area contributed by atoms with Gasteiger partial charge < -0.3 is 9.64 Å². The predicted molar refractivity (Wildman–Crippen MR) is 82.3 cm³/mol. The minimum Gasteiger partial charge on any atom is -0.466 e. The molecule has 1 aliphatic heterocycles. The SMILES string of the molecule is CCOC(=O)C1CCN(c2cc(C(C)CC)ncn2)CC1. The zero-order chi connectivity index (χ0) is 15.2. The molecule has 1 saturated heterocycles. The minimum absolute atomic E-state index is 0.0390. The number of aromatic nitrogens is 2. The summed E-state index contributed by atoms with van der Waals surface area (Å²) in [6.07, 6.45) is 4.39. The van der Waals surface area contributed by atoms with Gasteiger partial charge in [0.25, 0.3) is 0 Å². The van der Waals surface area contributed by atoms with Crippen molar-refractivity contribution in [1.29, 1.82) is 0 Å². The van der Waals surface area contributed by atoms with Crippen molar-refractivity contribution in [2.75, 3.05) is 24.6 Å². The van der Waals surface area contributed by atoms with Crippen LogP contribution in [0.4, 0.5) is 5.82 Å². The first-order valence-electron chi connectivity index (χ1n) is 7.89. The highest BCUT2D eigenvalue weighted by Gasteiger charge is 2.26. The Morgan fingerprint density at radius 3 is 2.71 bits per heavy atom. The largest absolute Gasteiger partial charge is 0.466 e. The molecule has 0 aliphatic carbocycles. The third-order valence-electron chi connectivity index (χ3n) is 4.23. The summed E-state index contributed by atoms with van der Waals surface area (Å²) in [5.41, 5.74) is 1.09. The van der Waals surface area contributed by atoms with Crippen molar-refractivity contribution in [3.05, 3.63) is 18.1 Å². The average molecular weight is 291 g/mol. The van der Waals surface area contributed by atoms with Gasteiger partial charge >= 0.3 is 5.97 Å². The van der Waals surface area contributed by atoms with Gasteiger partial charge in [-0.25, -0.2) is 9.97 Å². The van der Waals surface area contributed by atoms with Crippen molar-refractivity contribution < 1.29 is 9.53 Å². The molecule has 1 atom stereocenters. The molecule has 1 aromatic heterocycles.